The molecule has 17 rings (SSSR count). The number of rotatable bonds is 4. The normalized spacial score (nSPS) is 24.2. The fourth-order valence-electron chi connectivity index (χ4n) is 18.0. The predicted molar refractivity (Wildman–Crippen MR) is 302 cm³/mol. The second-order valence-corrected chi connectivity index (χ2v) is 27.4. The first-order chi connectivity index (χ1) is 34.5. The van der Waals surface area contributed by atoms with Gasteiger partial charge in [-0.3, -0.25) is 9.97 Å². The van der Waals surface area contributed by atoms with Gasteiger partial charge in [-0.1, -0.05) is 154 Å². The van der Waals surface area contributed by atoms with Crippen LogP contribution >= 0.6 is 12.6 Å². The summed E-state index contributed by atoms with van der Waals surface area (Å²) in [7, 11) is 0. The third-order valence-corrected chi connectivity index (χ3v) is 22.9. The predicted octanol–water partition coefficient (Wildman–Crippen LogP) is 17.2. The average molecular weight is 958 g/mol. The van der Waals surface area contributed by atoms with Crippen molar-refractivity contribution in [2.24, 2.45) is 11.8 Å². The number of hydrogen-bond donors (Lipinski definition) is 1. The molecule has 4 aromatic heterocycles. The van der Waals surface area contributed by atoms with Gasteiger partial charge in [-0.25, -0.2) is 0 Å². The third kappa shape index (κ3) is 4.58. The molecule has 4 heterocycles. The van der Waals surface area contributed by atoms with Crippen molar-refractivity contribution in [1.29, 1.82) is 0 Å². The van der Waals surface area contributed by atoms with Gasteiger partial charge >= 0.3 is 0 Å². The molecule has 2 unspecified atom stereocenters. The maximum absolute atomic E-state index is 5.79. The monoisotopic (exact) mass is 958 g/mol. The fraction of sp³-hybridized carbons (Fsp3) is 0.412. The Bertz CT molecular complexity index is 3870. The summed E-state index contributed by atoms with van der Waals surface area (Å²) in [6.07, 6.45) is 13.5. The Balaban J connectivity index is 1.18. The van der Waals surface area contributed by atoms with E-state index in [-0.39, 0.29) is 27.1 Å². The van der Waals surface area contributed by atoms with E-state index in [9.17, 15) is 0 Å². The lowest BCUT2D eigenvalue weighted by molar-refractivity contribution is 0.165. The number of nitrogens with zero attached hydrogens (tertiary/aromatic N) is 3. The van der Waals surface area contributed by atoms with Crippen molar-refractivity contribution in [1.82, 2.24) is 14.4 Å². The van der Waals surface area contributed by atoms with Crippen molar-refractivity contribution in [3.05, 3.63) is 159 Å². The summed E-state index contributed by atoms with van der Waals surface area (Å²) in [5.74, 6) is 3.62. The van der Waals surface area contributed by atoms with Crippen molar-refractivity contribution < 1.29 is 0 Å². The molecule has 2 atom stereocenters. The maximum atomic E-state index is 5.79. The van der Waals surface area contributed by atoms with Crippen LogP contribution in [0.4, 0.5) is 0 Å². The van der Waals surface area contributed by atoms with Crippen LogP contribution in [0.5, 0.6) is 0 Å². The second kappa shape index (κ2) is 13.3. The Morgan fingerprint density at radius 3 is 1.67 bits per heavy atom. The van der Waals surface area contributed by atoms with Crippen LogP contribution in [0.2, 0.25) is 0 Å². The van der Waals surface area contributed by atoms with Gasteiger partial charge in [0.2, 0.25) is 0 Å². The largest absolute Gasteiger partial charge is 0.305 e. The molecule has 72 heavy (non-hydrogen) atoms. The molecule has 4 bridgehead atoms. The number of fused-ring (bicyclic) bond motifs is 19. The minimum Gasteiger partial charge on any atom is -0.305 e. The standard InChI is InChI=1S/C68H67N3S/c1-63(2,24-17-25-72)39-31-46-51-47(32-39)65(5,6)67(9,10)58-54(51)57(66(7,8)64(46,3)4)55-52-48(33-69-60-38-29-35-26-36(30-38)28-37(27-35)50(52)60)71-49-34-70-61-42-20-13-16-23-45(42)68(59(61)53(49)56(58)62(55)71)43-21-14-11-18-40(43)41-19-12-15-22-44(41)68/h11-16,18-23,31-38,72H,17,24-30H2,1-10H3. The molecule has 0 saturated heterocycles. The van der Waals surface area contributed by atoms with Crippen LogP contribution in [0.25, 0.3) is 71.6 Å². The number of thiol groups is 1. The highest BCUT2D eigenvalue weighted by atomic mass is 32.1. The lowest BCUT2D eigenvalue weighted by Gasteiger charge is -2.57. The number of hydrogen-bond acceptors (Lipinski definition) is 3. The SMILES string of the molecule is CC(C)(CCCS)c1cc2c3c(c1)C(C)(C)C(C)(C)c1c-3c(c3c4c5c(ncc4n4c6cnc7c(c6c1c34)C1(c3ccccc3-c3ccccc31)c1ccccc1-7)C1CC3CC(C1)CC5C3)C(C)(C)C2(C)C. The van der Waals surface area contributed by atoms with Crippen molar-refractivity contribution in [2.45, 2.75) is 159 Å². The molecule has 3 nitrogen and oxygen atoms in total. The first-order valence-corrected chi connectivity index (χ1v) is 28.3. The molecule has 0 N–H and O–H groups in total. The minimum absolute atomic E-state index is 0.00744. The van der Waals surface area contributed by atoms with E-state index in [4.69, 9.17) is 22.6 Å². The Kier molecular flexibility index (Phi) is 7.92. The summed E-state index contributed by atoms with van der Waals surface area (Å²) >= 11 is 4.74. The summed E-state index contributed by atoms with van der Waals surface area (Å²) in [4.78, 5) is 11.6. The van der Waals surface area contributed by atoms with Crippen LogP contribution in [0.3, 0.4) is 0 Å². The van der Waals surface area contributed by atoms with E-state index in [1.54, 1.807) is 11.1 Å². The van der Waals surface area contributed by atoms with Gasteiger partial charge in [0.15, 0.2) is 0 Å². The number of aromatic nitrogens is 3. The van der Waals surface area contributed by atoms with Gasteiger partial charge in [-0.05, 0) is 157 Å². The highest BCUT2D eigenvalue weighted by Crippen LogP contribution is 2.71. The molecule has 8 aliphatic carbocycles. The molecular formula is C68H67N3S. The van der Waals surface area contributed by atoms with E-state index < -0.39 is 5.41 Å². The van der Waals surface area contributed by atoms with E-state index in [1.165, 1.54) is 148 Å². The molecule has 0 aliphatic heterocycles. The molecule has 9 aromatic rings. The second-order valence-electron chi connectivity index (χ2n) is 27.0. The number of benzene rings is 5. The van der Waals surface area contributed by atoms with Gasteiger partial charge in [0.1, 0.15) is 0 Å². The van der Waals surface area contributed by atoms with E-state index in [1.807, 2.05) is 0 Å². The maximum Gasteiger partial charge on any atom is 0.0761 e. The van der Waals surface area contributed by atoms with E-state index in [0.29, 0.717) is 11.8 Å². The first-order valence-electron chi connectivity index (χ1n) is 27.7. The van der Waals surface area contributed by atoms with Gasteiger partial charge in [0.25, 0.3) is 0 Å². The molecule has 2 fully saturated rings. The summed E-state index contributed by atoms with van der Waals surface area (Å²) in [5, 5.41) is 5.88. The van der Waals surface area contributed by atoms with Crippen molar-refractivity contribution in [3.8, 4) is 33.5 Å². The van der Waals surface area contributed by atoms with Gasteiger partial charge in [-0.15, -0.1) is 0 Å². The smallest absolute Gasteiger partial charge is 0.0761 e. The van der Waals surface area contributed by atoms with Crippen LogP contribution in [-0.2, 0) is 32.5 Å². The van der Waals surface area contributed by atoms with Gasteiger partial charge in [0, 0.05) is 55.1 Å². The van der Waals surface area contributed by atoms with Crippen LogP contribution in [0.1, 0.15) is 187 Å². The molecule has 0 radical (unpaired) electrons. The Morgan fingerprint density at radius 1 is 0.556 bits per heavy atom. The topological polar surface area (TPSA) is 30.2 Å². The number of pyridine rings is 2. The average Bonchev–Trinajstić information content (AvgIpc) is 4.03. The highest BCUT2D eigenvalue weighted by molar-refractivity contribution is 7.80. The van der Waals surface area contributed by atoms with Crippen molar-refractivity contribution in [2.75, 3.05) is 5.75 Å². The molecule has 0 amide bonds. The van der Waals surface area contributed by atoms with Crippen LogP contribution in [-0.4, -0.2) is 20.1 Å². The van der Waals surface area contributed by atoms with Gasteiger partial charge < -0.3 is 4.40 Å². The van der Waals surface area contributed by atoms with Crippen LogP contribution < -0.4 is 0 Å². The summed E-state index contributed by atoms with van der Waals surface area (Å²) in [6.45, 7) is 25.9. The highest BCUT2D eigenvalue weighted by Gasteiger charge is 2.59. The molecule has 8 aliphatic rings. The minimum atomic E-state index is -0.550. The third-order valence-electron chi connectivity index (χ3n) is 22.6. The zero-order chi connectivity index (χ0) is 49.1. The lowest BCUT2D eigenvalue weighted by atomic mass is 9.46. The summed E-state index contributed by atoms with van der Waals surface area (Å²) in [5.41, 5.74) is 26.8. The van der Waals surface area contributed by atoms with Crippen molar-refractivity contribution >= 4 is 50.7 Å². The molecule has 1 spiro atoms. The van der Waals surface area contributed by atoms with Gasteiger partial charge in [-0.2, -0.15) is 12.6 Å². The van der Waals surface area contributed by atoms with Crippen LogP contribution in [0, 0.1) is 11.8 Å². The molecular weight excluding hydrogens is 891 g/mol. The Morgan fingerprint density at radius 2 is 1.07 bits per heavy atom. The van der Waals surface area contributed by atoms with E-state index in [2.05, 4.69) is 171 Å². The van der Waals surface area contributed by atoms with Crippen LogP contribution in [0.15, 0.2) is 97.3 Å². The molecule has 5 aromatic carbocycles. The molecule has 4 heteroatoms. The quantitative estimate of drug-likeness (QED) is 0.178. The summed E-state index contributed by atoms with van der Waals surface area (Å²) < 4.78 is 2.75. The van der Waals surface area contributed by atoms with Gasteiger partial charge in [0.05, 0.1) is 40.1 Å². The summed E-state index contributed by atoms with van der Waals surface area (Å²) in [6, 6.07) is 33.4. The zero-order valence-electron chi connectivity index (χ0n) is 44.0. The fourth-order valence-corrected chi connectivity index (χ4v) is 18.2. The Hall–Kier alpha value is -5.45. The Labute approximate surface area is 431 Å². The zero-order valence-corrected chi connectivity index (χ0v) is 44.9. The van der Waals surface area contributed by atoms with Crippen molar-refractivity contribution in [3.63, 3.8) is 0 Å². The first kappa shape index (κ1) is 43.0. The van der Waals surface area contributed by atoms with E-state index >= 15 is 0 Å². The molecule has 360 valence electrons. The molecule has 2 saturated carbocycles. The lowest BCUT2D eigenvalue weighted by Crippen LogP contribution is -2.50. The van der Waals surface area contributed by atoms with E-state index in [0.717, 1.165) is 36.1 Å².